The fourth-order valence-electron chi connectivity index (χ4n) is 1.03. The molecular formula is C7H11IN3O2S-. The maximum absolute atomic E-state index is 11.1. The second-order valence-corrected chi connectivity index (χ2v) is 6.11. The van der Waals surface area contributed by atoms with E-state index in [4.69, 9.17) is 9.09 Å². The Morgan fingerprint density at radius 3 is 2.79 bits per heavy atom. The summed E-state index contributed by atoms with van der Waals surface area (Å²) in [6.07, 6.45) is 3.48. The summed E-state index contributed by atoms with van der Waals surface area (Å²) in [5, 5.41) is 5.04. The molecule has 0 radical (unpaired) electrons. The SMILES string of the molecule is N[I-]CCc1ccncc1S(N)(=O)=O. The fraction of sp³-hybridized carbons (Fsp3) is 0.286. The topological polar surface area (TPSA) is 99.1 Å². The number of nitrogens with zero attached hydrogens (tertiary/aromatic N) is 1. The summed E-state index contributed by atoms with van der Waals surface area (Å²) in [5.74, 6) is 0. The van der Waals surface area contributed by atoms with Crippen molar-refractivity contribution in [3.63, 3.8) is 0 Å². The van der Waals surface area contributed by atoms with Crippen LogP contribution in [0.3, 0.4) is 0 Å². The summed E-state index contributed by atoms with van der Waals surface area (Å²) < 4.78 is 28.6. The van der Waals surface area contributed by atoms with Crippen LogP contribution in [0.1, 0.15) is 5.56 Å². The molecule has 14 heavy (non-hydrogen) atoms. The quantitative estimate of drug-likeness (QED) is 0.337. The first-order valence-electron chi connectivity index (χ1n) is 3.79. The molecule has 7 heteroatoms. The number of primary sulfonamides is 1. The molecule has 0 saturated carbocycles. The van der Waals surface area contributed by atoms with Gasteiger partial charge in [-0.15, -0.1) is 0 Å². The summed E-state index contributed by atoms with van der Waals surface area (Å²) in [6, 6.07) is 1.67. The first-order chi connectivity index (χ1) is 6.55. The zero-order chi connectivity index (χ0) is 10.6. The molecule has 0 atom stereocenters. The average molecular weight is 328 g/mol. The summed E-state index contributed by atoms with van der Waals surface area (Å²) in [5.41, 5.74) is 0.702. The Labute approximate surface area is 93.6 Å². The molecule has 0 bridgehead atoms. The van der Waals surface area contributed by atoms with Crippen LogP contribution in [-0.4, -0.2) is 17.8 Å². The van der Waals surface area contributed by atoms with E-state index >= 15 is 0 Å². The minimum atomic E-state index is -3.65. The molecule has 0 aromatic carbocycles. The fourth-order valence-corrected chi connectivity index (χ4v) is 2.66. The Morgan fingerprint density at radius 1 is 1.50 bits per heavy atom. The van der Waals surface area contributed by atoms with Gasteiger partial charge in [0.25, 0.3) is 0 Å². The van der Waals surface area contributed by atoms with Gasteiger partial charge in [-0.2, -0.15) is 0 Å². The number of aryl methyl sites for hydroxylation is 1. The summed E-state index contributed by atoms with van der Waals surface area (Å²) in [7, 11) is -3.65. The van der Waals surface area contributed by atoms with E-state index in [1.807, 2.05) is 0 Å². The van der Waals surface area contributed by atoms with Crippen molar-refractivity contribution in [3.05, 3.63) is 24.0 Å². The van der Waals surface area contributed by atoms with E-state index in [-0.39, 0.29) is 26.4 Å². The normalized spacial score (nSPS) is 11.9. The third-order valence-electron chi connectivity index (χ3n) is 1.65. The molecule has 1 rings (SSSR count). The summed E-state index contributed by atoms with van der Waals surface area (Å²) >= 11 is -0.324. The monoisotopic (exact) mass is 328 g/mol. The number of hydrogen-bond acceptors (Lipinski definition) is 4. The zero-order valence-electron chi connectivity index (χ0n) is 7.35. The van der Waals surface area contributed by atoms with Gasteiger partial charge in [0.05, 0.1) is 0 Å². The molecule has 0 spiro atoms. The van der Waals surface area contributed by atoms with Crippen molar-refractivity contribution < 1.29 is 29.9 Å². The van der Waals surface area contributed by atoms with E-state index in [1.54, 1.807) is 12.3 Å². The van der Waals surface area contributed by atoms with Crippen molar-refractivity contribution in [1.29, 1.82) is 0 Å². The molecular weight excluding hydrogens is 317 g/mol. The number of halogens is 1. The number of aromatic nitrogens is 1. The minimum absolute atomic E-state index is 0.109. The molecule has 4 N–H and O–H groups in total. The second-order valence-electron chi connectivity index (χ2n) is 2.62. The zero-order valence-corrected chi connectivity index (χ0v) is 10.3. The summed E-state index contributed by atoms with van der Waals surface area (Å²) in [6.45, 7) is 0. The van der Waals surface area contributed by atoms with Gasteiger partial charge in [-0.25, -0.2) is 0 Å². The number of nitrogens with two attached hydrogens (primary N) is 2. The van der Waals surface area contributed by atoms with Crippen molar-refractivity contribution in [2.24, 2.45) is 9.09 Å². The number of pyridine rings is 1. The molecule has 1 aromatic heterocycles. The van der Waals surface area contributed by atoms with Crippen LogP contribution in [0.15, 0.2) is 23.4 Å². The van der Waals surface area contributed by atoms with Gasteiger partial charge >= 0.3 is 93.8 Å². The molecule has 5 nitrogen and oxygen atoms in total. The Morgan fingerprint density at radius 2 is 2.21 bits per heavy atom. The van der Waals surface area contributed by atoms with E-state index < -0.39 is 10.0 Å². The van der Waals surface area contributed by atoms with Crippen molar-refractivity contribution in [2.45, 2.75) is 11.3 Å². The van der Waals surface area contributed by atoms with Crippen LogP contribution in [-0.2, 0) is 16.4 Å². The first-order valence-corrected chi connectivity index (χ1v) is 8.11. The van der Waals surface area contributed by atoms with E-state index in [2.05, 4.69) is 4.98 Å². The Balaban J connectivity index is 3.04. The van der Waals surface area contributed by atoms with Crippen molar-refractivity contribution >= 4 is 10.0 Å². The second kappa shape index (κ2) is 5.01. The van der Waals surface area contributed by atoms with E-state index in [9.17, 15) is 8.42 Å². The van der Waals surface area contributed by atoms with E-state index in [0.29, 0.717) is 12.0 Å². The van der Waals surface area contributed by atoms with Crippen LogP contribution in [0.5, 0.6) is 0 Å². The maximum atomic E-state index is 11.1. The third-order valence-corrected chi connectivity index (χ3v) is 3.79. The van der Waals surface area contributed by atoms with Gasteiger partial charge in [-0.3, -0.25) is 0 Å². The number of rotatable bonds is 4. The number of sulfonamides is 1. The number of hydrogen-bond donors (Lipinski definition) is 2. The predicted octanol–water partition coefficient (Wildman–Crippen LogP) is -3.77. The van der Waals surface area contributed by atoms with Gasteiger partial charge in [-0.1, -0.05) is 0 Å². The number of alkyl halides is 1. The molecule has 1 heterocycles. The van der Waals surface area contributed by atoms with Crippen LogP contribution in [0.4, 0.5) is 0 Å². The van der Waals surface area contributed by atoms with Crippen LogP contribution in [0.2, 0.25) is 0 Å². The van der Waals surface area contributed by atoms with Gasteiger partial charge in [0.2, 0.25) is 0 Å². The van der Waals surface area contributed by atoms with E-state index in [0.717, 1.165) is 4.43 Å². The van der Waals surface area contributed by atoms with Crippen LogP contribution < -0.4 is 30.6 Å². The Bertz CT molecular complexity index is 407. The first kappa shape index (κ1) is 11.8. The molecule has 0 unspecified atom stereocenters. The van der Waals surface area contributed by atoms with Gasteiger partial charge in [0.1, 0.15) is 0 Å². The molecule has 1 aromatic rings. The molecule has 0 fully saturated rings. The Hall–Kier alpha value is -0.250. The van der Waals surface area contributed by atoms with Gasteiger partial charge in [0.15, 0.2) is 0 Å². The molecule has 80 valence electrons. The van der Waals surface area contributed by atoms with Gasteiger partial charge in [-0.05, 0) is 0 Å². The van der Waals surface area contributed by atoms with Crippen molar-refractivity contribution in [2.75, 3.05) is 4.43 Å². The third kappa shape index (κ3) is 3.15. The molecule has 0 aliphatic rings. The van der Waals surface area contributed by atoms with Gasteiger partial charge < -0.3 is 0 Å². The van der Waals surface area contributed by atoms with Crippen LogP contribution in [0.25, 0.3) is 0 Å². The Kier molecular flexibility index (Phi) is 4.23. The van der Waals surface area contributed by atoms with E-state index in [1.165, 1.54) is 6.20 Å². The van der Waals surface area contributed by atoms with Crippen molar-refractivity contribution in [3.8, 4) is 0 Å². The molecule has 0 aliphatic heterocycles. The van der Waals surface area contributed by atoms with Crippen LogP contribution in [0, 0.1) is 0 Å². The van der Waals surface area contributed by atoms with Crippen LogP contribution >= 0.6 is 0 Å². The predicted molar refractivity (Wildman–Crippen MR) is 48.4 cm³/mol. The van der Waals surface area contributed by atoms with Crippen molar-refractivity contribution in [1.82, 2.24) is 4.98 Å². The van der Waals surface area contributed by atoms with Gasteiger partial charge in [0, 0.05) is 0 Å². The molecule has 0 aliphatic carbocycles. The molecule has 0 saturated heterocycles. The molecule has 0 amide bonds. The standard InChI is InChI=1S/C7H11IN3O2S/c9-8-3-1-6-2-4-11-5-7(6)14(10,12)13/h2,4-5H,1,3,9H2,(H2,10,12,13)/q-1. The average Bonchev–Trinajstić information content (AvgIpc) is 2.14. The summed E-state index contributed by atoms with van der Waals surface area (Å²) in [4.78, 5) is 3.85.